The SMILES string of the molecule is CCOCCCNC(N)=NCC1(N2CCOCC2)CCSC1.I. The van der Waals surface area contributed by atoms with Crippen molar-refractivity contribution in [1.82, 2.24) is 10.2 Å². The van der Waals surface area contributed by atoms with Crippen molar-refractivity contribution in [3.63, 3.8) is 0 Å². The van der Waals surface area contributed by atoms with Crippen molar-refractivity contribution in [1.29, 1.82) is 0 Å². The van der Waals surface area contributed by atoms with Crippen LogP contribution in [0.4, 0.5) is 0 Å². The third-order valence-electron chi connectivity index (χ3n) is 4.28. The number of hydrogen-bond donors (Lipinski definition) is 2. The highest BCUT2D eigenvalue weighted by Gasteiger charge is 2.40. The van der Waals surface area contributed by atoms with E-state index in [-0.39, 0.29) is 29.5 Å². The van der Waals surface area contributed by atoms with E-state index in [0.29, 0.717) is 5.96 Å². The second kappa shape index (κ2) is 11.7. The minimum Gasteiger partial charge on any atom is -0.382 e. The maximum Gasteiger partial charge on any atom is 0.188 e. The molecule has 2 aliphatic heterocycles. The van der Waals surface area contributed by atoms with Gasteiger partial charge < -0.3 is 20.5 Å². The smallest absolute Gasteiger partial charge is 0.188 e. The zero-order chi connectivity index (χ0) is 15.7. The van der Waals surface area contributed by atoms with Crippen LogP contribution in [0.2, 0.25) is 0 Å². The highest BCUT2D eigenvalue weighted by Crippen LogP contribution is 2.34. The number of thioether (sulfide) groups is 1. The van der Waals surface area contributed by atoms with Crippen LogP contribution in [-0.4, -0.2) is 80.5 Å². The van der Waals surface area contributed by atoms with E-state index in [2.05, 4.69) is 15.2 Å². The summed E-state index contributed by atoms with van der Waals surface area (Å²) in [5.41, 5.74) is 6.18. The highest BCUT2D eigenvalue weighted by molar-refractivity contribution is 14.0. The molecule has 2 aliphatic rings. The average Bonchev–Trinajstić information content (AvgIpc) is 3.04. The van der Waals surface area contributed by atoms with Gasteiger partial charge in [0.1, 0.15) is 0 Å². The Bertz CT molecular complexity index is 348. The fraction of sp³-hybridized carbons (Fsp3) is 0.933. The summed E-state index contributed by atoms with van der Waals surface area (Å²) in [4.78, 5) is 7.18. The lowest BCUT2D eigenvalue weighted by atomic mass is 9.96. The van der Waals surface area contributed by atoms with Gasteiger partial charge in [0.15, 0.2) is 5.96 Å². The number of guanidine groups is 1. The van der Waals surface area contributed by atoms with Gasteiger partial charge in [-0.15, -0.1) is 24.0 Å². The normalized spacial score (nSPS) is 26.0. The monoisotopic (exact) mass is 458 g/mol. The Morgan fingerprint density at radius 3 is 2.87 bits per heavy atom. The lowest BCUT2D eigenvalue weighted by molar-refractivity contribution is -0.0104. The Morgan fingerprint density at radius 2 is 2.22 bits per heavy atom. The summed E-state index contributed by atoms with van der Waals surface area (Å²) in [6.07, 6.45) is 2.15. The first-order valence-corrected chi connectivity index (χ1v) is 9.44. The molecule has 0 spiro atoms. The molecule has 0 aliphatic carbocycles. The summed E-state index contributed by atoms with van der Waals surface area (Å²) < 4.78 is 10.8. The van der Waals surface area contributed by atoms with E-state index < -0.39 is 0 Å². The van der Waals surface area contributed by atoms with Gasteiger partial charge in [-0.05, 0) is 25.5 Å². The molecule has 6 nitrogen and oxygen atoms in total. The lowest BCUT2D eigenvalue weighted by Gasteiger charge is -2.42. The number of ether oxygens (including phenoxy) is 2. The quantitative estimate of drug-likeness (QED) is 0.246. The first-order chi connectivity index (χ1) is 10.8. The van der Waals surface area contributed by atoms with Crippen LogP contribution >= 0.6 is 35.7 Å². The molecular formula is C15H31IN4O2S. The van der Waals surface area contributed by atoms with Gasteiger partial charge in [0.05, 0.1) is 25.3 Å². The maximum atomic E-state index is 6.00. The van der Waals surface area contributed by atoms with Crippen molar-refractivity contribution >= 4 is 41.7 Å². The van der Waals surface area contributed by atoms with Crippen LogP contribution in [0.3, 0.4) is 0 Å². The molecule has 0 bridgehead atoms. The van der Waals surface area contributed by atoms with Crippen LogP contribution < -0.4 is 11.1 Å². The molecule has 0 saturated carbocycles. The molecular weight excluding hydrogens is 427 g/mol. The van der Waals surface area contributed by atoms with Crippen molar-refractivity contribution in [3.8, 4) is 0 Å². The third-order valence-corrected chi connectivity index (χ3v) is 5.52. The number of rotatable bonds is 8. The molecule has 136 valence electrons. The van der Waals surface area contributed by atoms with Gasteiger partial charge in [0.25, 0.3) is 0 Å². The third kappa shape index (κ3) is 6.93. The molecule has 0 aromatic rings. The number of aliphatic imine (C=N–C) groups is 1. The van der Waals surface area contributed by atoms with Gasteiger partial charge >= 0.3 is 0 Å². The second-order valence-electron chi connectivity index (χ2n) is 5.81. The predicted molar refractivity (Wildman–Crippen MR) is 108 cm³/mol. The summed E-state index contributed by atoms with van der Waals surface area (Å²) in [5, 5.41) is 3.18. The minimum absolute atomic E-state index is 0. The Balaban J connectivity index is 0.00000264. The molecule has 2 saturated heterocycles. The zero-order valence-corrected chi connectivity index (χ0v) is 17.2. The standard InChI is InChI=1S/C15H30N4O2S.HI/c1-2-20-8-3-5-17-14(16)18-12-15(4-11-22-13-15)19-6-9-21-10-7-19;/h2-13H2,1H3,(H3,16,17,18);1H. The molecule has 0 aromatic heterocycles. The Morgan fingerprint density at radius 1 is 1.43 bits per heavy atom. The van der Waals surface area contributed by atoms with Crippen LogP contribution in [0.5, 0.6) is 0 Å². The predicted octanol–water partition coefficient (Wildman–Crippen LogP) is 1.14. The van der Waals surface area contributed by atoms with Gasteiger partial charge in [-0.1, -0.05) is 0 Å². The maximum absolute atomic E-state index is 6.00. The number of nitrogens with two attached hydrogens (primary N) is 1. The first-order valence-electron chi connectivity index (χ1n) is 8.29. The van der Waals surface area contributed by atoms with Gasteiger partial charge in [-0.25, -0.2) is 0 Å². The van der Waals surface area contributed by atoms with E-state index in [4.69, 9.17) is 15.2 Å². The van der Waals surface area contributed by atoms with E-state index in [0.717, 1.165) is 64.8 Å². The molecule has 2 rings (SSSR count). The molecule has 0 amide bonds. The topological polar surface area (TPSA) is 72.1 Å². The van der Waals surface area contributed by atoms with Crippen molar-refractivity contribution < 1.29 is 9.47 Å². The fourth-order valence-corrected chi connectivity index (χ4v) is 4.40. The summed E-state index contributed by atoms with van der Waals surface area (Å²) in [6, 6.07) is 0. The van der Waals surface area contributed by atoms with Crippen LogP contribution in [-0.2, 0) is 9.47 Å². The van der Waals surface area contributed by atoms with E-state index in [1.54, 1.807) is 0 Å². The summed E-state index contributed by atoms with van der Waals surface area (Å²) >= 11 is 2.02. The van der Waals surface area contributed by atoms with Crippen molar-refractivity contribution in [2.24, 2.45) is 10.7 Å². The molecule has 23 heavy (non-hydrogen) atoms. The van der Waals surface area contributed by atoms with Gasteiger partial charge in [-0.3, -0.25) is 9.89 Å². The fourth-order valence-electron chi connectivity index (χ4n) is 2.93. The van der Waals surface area contributed by atoms with Crippen LogP contribution in [0.25, 0.3) is 0 Å². The van der Waals surface area contributed by atoms with E-state index in [1.807, 2.05) is 18.7 Å². The highest BCUT2D eigenvalue weighted by atomic mass is 127. The Labute approximate surface area is 161 Å². The van der Waals surface area contributed by atoms with Gasteiger partial charge in [-0.2, -0.15) is 11.8 Å². The zero-order valence-electron chi connectivity index (χ0n) is 14.1. The molecule has 3 N–H and O–H groups in total. The summed E-state index contributed by atoms with van der Waals surface area (Å²) in [5.74, 6) is 2.92. The van der Waals surface area contributed by atoms with Crippen molar-refractivity contribution in [2.75, 3.05) is 64.1 Å². The van der Waals surface area contributed by atoms with Crippen molar-refractivity contribution in [3.05, 3.63) is 0 Å². The summed E-state index contributed by atoms with van der Waals surface area (Å²) in [6.45, 7) is 8.83. The molecule has 0 aromatic carbocycles. The number of hydrogen-bond acceptors (Lipinski definition) is 5. The van der Waals surface area contributed by atoms with Crippen molar-refractivity contribution in [2.45, 2.75) is 25.3 Å². The number of nitrogens with zero attached hydrogens (tertiary/aromatic N) is 2. The van der Waals surface area contributed by atoms with Crippen LogP contribution in [0.15, 0.2) is 4.99 Å². The number of halogens is 1. The molecule has 0 radical (unpaired) electrons. The number of nitrogens with one attached hydrogen (secondary N) is 1. The number of morpholine rings is 1. The molecule has 1 unspecified atom stereocenters. The van der Waals surface area contributed by atoms with E-state index >= 15 is 0 Å². The first kappa shape index (κ1) is 21.3. The molecule has 2 heterocycles. The van der Waals surface area contributed by atoms with Gasteiger partial charge in [0.2, 0.25) is 0 Å². The Kier molecular flexibility index (Phi) is 10.8. The van der Waals surface area contributed by atoms with Crippen LogP contribution in [0, 0.1) is 0 Å². The minimum atomic E-state index is 0. The average molecular weight is 458 g/mol. The Hall–Kier alpha value is 0.230. The molecule has 1 atom stereocenters. The van der Waals surface area contributed by atoms with Gasteiger partial charge in [0, 0.05) is 38.6 Å². The van der Waals surface area contributed by atoms with Crippen LogP contribution in [0.1, 0.15) is 19.8 Å². The largest absolute Gasteiger partial charge is 0.382 e. The molecule has 8 heteroatoms. The van der Waals surface area contributed by atoms with E-state index in [9.17, 15) is 0 Å². The second-order valence-corrected chi connectivity index (χ2v) is 6.91. The lowest BCUT2D eigenvalue weighted by Crippen LogP contribution is -2.56. The molecule has 2 fully saturated rings. The van der Waals surface area contributed by atoms with E-state index in [1.165, 1.54) is 12.2 Å². The summed E-state index contributed by atoms with van der Waals surface area (Å²) in [7, 11) is 0.